The Labute approximate surface area is 108 Å². The minimum absolute atomic E-state index is 0.179. The Morgan fingerprint density at radius 3 is 2.78 bits per heavy atom. The number of hydrogen-bond acceptors (Lipinski definition) is 4. The quantitative estimate of drug-likeness (QED) is 0.915. The molecule has 0 amide bonds. The van der Waals surface area contributed by atoms with Crippen molar-refractivity contribution >= 4 is 15.5 Å². The van der Waals surface area contributed by atoms with Crippen molar-refractivity contribution in [3.8, 4) is 5.75 Å². The van der Waals surface area contributed by atoms with Crippen LogP contribution in [0.3, 0.4) is 0 Å². The van der Waals surface area contributed by atoms with Crippen molar-refractivity contribution in [3.05, 3.63) is 18.2 Å². The molecule has 1 aliphatic heterocycles. The second-order valence-electron chi connectivity index (χ2n) is 5.19. The van der Waals surface area contributed by atoms with Crippen molar-refractivity contribution in [1.82, 2.24) is 0 Å². The van der Waals surface area contributed by atoms with Crippen LogP contribution in [0.4, 0.5) is 5.69 Å². The molecule has 0 spiro atoms. The van der Waals surface area contributed by atoms with E-state index in [4.69, 9.17) is 4.74 Å². The van der Waals surface area contributed by atoms with Crippen LogP contribution >= 0.6 is 0 Å². The number of hydrogen-bond donors (Lipinski definition) is 1. The van der Waals surface area contributed by atoms with Crippen LogP contribution in [0.5, 0.6) is 5.75 Å². The van der Waals surface area contributed by atoms with Crippen molar-refractivity contribution in [2.24, 2.45) is 0 Å². The molecule has 1 aromatic rings. The predicted molar refractivity (Wildman–Crippen MR) is 72.0 cm³/mol. The standard InChI is InChI=1S/C13H19NO3S/c1-4-7-18(15,16)10-5-6-12-11(8-10)14-9-13(2,3)17-12/h5-6,8,14H,4,7,9H2,1-3H3. The molecule has 1 N–H and O–H groups in total. The van der Waals surface area contributed by atoms with Gasteiger partial charge in [0.05, 0.1) is 22.9 Å². The highest BCUT2D eigenvalue weighted by atomic mass is 32.2. The molecule has 1 heterocycles. The highest BCUT2D eigenvalue weighted by molar-refractivity contribution is 7.91. The fraction of sp³-hybridized carbons (Fsp3) is 0.538. The molecule has 1 aliphatic rings. The number of fused-ring (bicyclic) bond motifs is 1. The van der Waals surface area contributed by atoms with Crippen LogP contribution in [0.1, 0.15) is 27.2 Å². The summed E-state index contributed by atoms with van der Waals surface area (Å²) in [6, 6.07) is 5.01. The molecular formula is C13H19NO3S. The number of ether oxygens (including phenoxy) is 1. The Balaban J connectivity index is 2.35. The van der Waals surface area contributed by atoms with Gasteiger partial charge in [-0.3, -0.25) is 0 Å². The van der Waals surface area contributed by atoms with Crippen molar-refractivity contribution in [2.45, 2.75) is 37.7 Å². The first-order chi connectivity index (χ1) is 8.34. The molecule has 0 aromatic heterocycles. The molecule has 2 rings (SSSR count). The minimum Gasteiger partial charge on any atom is -0.484 e. The smallest absolute Gasteiger partial charge is 0.178 e. The number of benzene rings is 1. The second-order valence-corrected chi connectivity index (χ2v) is 7.30. The van der Waals surface area contributed by atoms with Crippen molar-refractivity contribution in [2.75, 3.05) is 17.6 Å². The van der Waals surface area contributed by atoms with Crippen LogP contribution in [0.25, 0.3) is 0 Å². The minimum atomic E-state index is -3.17. The van der Waals surface area contributed by atoms with E-state index in [0.717, 1.165) is 5.69 Å². The third kappa shape index (κ3) is 2.61. The van der Waals surface area contributed by atoms with Crippen LogP contribution in [-0.4, -0.2) is 26.3 Å². The first-order valence-corrected chi connectivity index (χ1v) is 7.79. The lowest BCUT2D eigenvalue weighted by Crippen LogP contribution is -2.40. The highest BCUT2D eigenvalue weighted by Crippen LogP contribution is 2.34. The molecule has 0 aliphatic carbocycles. The lowest BCUT2D eigenvalue weighted by atomic mass is 10.1. The largest absolute Gasteiger partial charge is 0.484 e. The van der Waals surface area contributed by atoms with E-state index in [2.05, 4.69) is 5.32 Å². The van der Waals surface area contributed by atoms with Gasteiger partial charge in [0, 0.05) is 0 Å². The second kappa shape index (κ2) is 4.46. The average molecular weight is 269 g/mol. The number of sulfone groups is 1. The highest BCUT2D eigenvalue weighted by Gasteiger charge is 2.27. The maximum Gasteiger partial charge on any atom is 0.178 e. The zero-order valence-corrected chi connectivity index (χ0v) is 11.8. The average Bonchev–Trinajstić information content (AvgIpc) is 2.27. The van der Waals surface area contributed by atoms with Gasteiger partial charge in [-0.25, -0.2) is 8.42 Å². The van der Waals surface area contributed by atoms with Gasteiger partial charge in [-0.2, -0.15) is 0 Å². The van der Waals surface area contributed by atoms with E-state index in [9.17, 15) is 8.42 Å². The number of rotatable bonds is 3. The summed E-state index contributed by atoms with van der Waals surface area (Å²) in [5, 5.41) is 3.22. The van der Waals surface area contributed by atoms with E-state index >= 15 is 0 Å². The Hall–Kier alpha value is -1.23. The third-order valence-corrected chi connectivity index (χ3v) is 4.79. The van der Waals surface area contributed by atoms with Gasteiger partial charge >= 0.3 is 0 Å². The molecular weight excluding hydrogens is 250 g/mol. The molecule has 0 atom stereocenters. The van der Waals surface area contributed by atoms with E-state index in [1.54, 1.807) is 18.2 Å². The van der Waals surface area contributed by atoms with Gasteiger partial charge in [0.1, 0.15) is 11.4 Å². The van der Waals surface area contributed by atoms with Crippen LogP contribution in [-0.2, 0) is 9.84 Å². The van der Waals surface area contributed by atoms with E-state index < -0.39 is 9.84 Å². The van der Waals surface area contributed by atoms with Gasteiger partial charge in [0.15, 0.2) is 9.84 Å². The van der Waals surface area contributed by atoms with E-state index in [1.165, 1.54) is 0 Å². The van der Waals surface area contributed by atoms with E-state index in [0.29, 0.717) is 23.6 Å². The number of nitrogens with one attached hydrogen (secondary N) is 1. The normalized spacial score (nSPS) is 17.5. The van der Waals surface area contributed by atoms with Crippen LogP contribution < -0.4 is 10.1 Å². The van der Waals surface area contributed by atoms with Gasteiger partial charge in [0.25, 0.3) is 0 Å². The predicted octanol–water partition coefficient (Wildman–Crippen LogP) is 2.45. The maximum absolute atomic E-state index is 12.0. The van der Waals surface area contributed by atoms with Crippen molar-refractivity contribution in [3.63, 3.8) is 0 Å². The summed E-state index contributed by atoms with van der Waals surface area (Å²) < 4.78 is 29.7. The van der Waals surface area contributed by atoms with Crippen LogP contribution in [0.15, 0.2) is 23.1 Å². The zero-order valence-electron chi connectivity index (χ0n) is 11.0. The molecule has 18 heavy (non-hydrogen) atoms. The summed E-state index contributed by atoms with van der Waals surface area (Å²) in [6.07, 6.45) is 0.621. The SMILES string of the molecule is CCCS(=O)(=O)c1ccc2c(c1)NCC(C)(C)O2. The van der Waals surface area contributed by atoms with Gasteiger partial charge in [-0.05, 0) is 38.5 Å². The fourth-order valence-electron chi connectivity index (χ4n) is 1.96. The third-order valence-electron chi connectivity index (χ3n) is 2.87. The lowest BCUT2D eigenvalue weighted by molar-refractivity contribution is 0.116. The Kier molecular flexibility index (Phi) is 3.27. The molecule has 0 radical (unpaired) electrons. The first-order valence-electron chi connectivity index (χ1n) is 6.14. The van der Waals surface area contributed by atoms with Gasteiger partial charge < -0.3 is 10.1 Å². The van der Waals surface area contributed by atoms with Gasteiger partial charge in [0.2, 0.25) is 0 Å². The van der Waals surface area contributed by atoms with Gasteiger partial charge in [-0.15, -0.1) is 0 Å². The summed E-state index contributed by atoms with van der Waals surface area (Å²) in [4.78, 5) is 0.360. The first kappa shape index (κ1) is 13.2. The summed E-state index contributed by atoms with van der Waals surface area (Å²) in [5.74, 6) is 0.889. The molecule has 1 aromatic carbocycles. The van der Waals surface area contributed by atoms with Crippen LogP contribution in [0, 0.1) is 0 Å². The van der Waals surface area contributed by atoms with Gasteiger partial charge in [-0.1, -0.05) is 6.92 Å². The molecule has 0 bridgehead atoms. The summed E-state index contributed by atoms with van der Waals surface area (Å²) in [7, 11) is -3.17. The molecule has 0 fully saturated rings. The molecule has 100 valence electrons. The Morgan fingerprint density at radius 1 is 1.39 bits per heavy atom. The Morgan fingerprint density at radius 2 is 2.11 bits per heavy atom. The topological polar surface area (TPSA) is 55.4 Å². The lowest BCUT2D eigenvalue weighted by Gasteiger charge is -2.33. The summed E-state index contributed by atoms with van der Waals surface area (Å²) in [5.41, 5.74) is 0.489. The van der Waals surface area contributed by atoms with Crippen LogP contribution in [0.2, 0.25) is 0 Å². The molecule has 0 saturated heterocycles. The fourth-order valence-corrected chi connectivity index (χ4v) is 3.30. The Bertz CT molecular complexity index is 549. The van der Waals surface area contributed by atoms with E-state index in [-0.39, 0.29) is 11.4 Å². The monoisotopic (exact) mass is 269 g/mol. The molecule has 0 saturated carbocycles. The molecule has 0 unspecified atom stereocenters. The number of anilines is 1. The van der Waals surface area contributed by atoms with E-state index in [1.807, 2.05) is 20.8 Å². The van der Waals surface area contributed by atoms with Crippen molar-refractivity contribution < 1.29 is 13.2 Å². The molecule has 5 heteroatoms. The summed E-state index contributed by atoms with van der Waals surface area (Å²) >= 11 is 0. The zero-order chi connectivity index (χ0) is 13.4. The summed E-state index contributed by atoms with van der Waals surface area (Å²) in [6.45, 7) is 6.51. The molecule has 4 nitrogen and oxygen atoms in total. The maximum atomic E-state index is 12.0. The van der Waals surface area contributed by atoms with Crippen molar-refractivity contribution in [1.29, 1.82) is 0 Å².